The minimum Gasteiger partial charge on any atom is -0.378 e. The van der Waals surface area contributed by atoms with Gasteiger partial charge in [0.2, 0.25) is 5.95 Å². The highest BCUT2D eigenvalue weighted by molar-refractivity contribution is 5.69. The molecule has 3 aromatic rings. The fourth-order valence-electron chi connectivity index (χ4n) is 3.59. The van der Waals surface area contributed by atoms with Crippen LogP contribution < -0.4 is 15.1 Å². The van der Waals surface area contributed by atoms with Gasteiger partial charge in [0, 0.05) is 49.0 Å². The second kappa shape index (κ2) is 6.91. The van der Waals surface area contributed by atoms with Crippen LogP contribution >= 0.6 is 0 Å². The molecule has 1 atom stereocenters. The Bertz CT molecular complexity index is 949. The largest absolute Gasteiger partial charge is 0.378 e. The number of benzene rings is 2. The lowest BCUT2D eigenvalue weighted by atomic mass is 10.1. The van der Waals surface area contributed by atoms with E-state index in [2.05, 4.69) is 70.6 Å². The Morgan fingerprint density at radius 1 is 1.04 bits per heavy atom. The van der Waals surface area contributed by atoms with Crippen LogP contribution in [0.2, 0.25) is 0 Å². The molecule has 4 rings (SSSR count). The number of para-hydroxylation sites is 1. The van der Waals surface area contributed by atoms with E-state index in [0.29, 0.717) is 6.04 Å². The molecule has 5 heteroatoms. The third-order valence-electron chi connectivity index (χ3n) is 4.92. The lowest BCUT2D eigenvalue weighted by molar-refractivity contribution is 0.738. The molecule has 0 aliphatic carbocycles. The second-order valence-corrected chi connectivity index (χ2v) is 7.31. The predicted octanol–water partition coefficient (Wildman–Crippen LogP) is 4.68. The van der Waals surface area contributed by atoms with Crippen molar-refractivity contribution in [2.75, 3.05) is 29.2 Å². The average molecular weight is 359 g/mol. The molecular weight excluding hydrogens is 334 g/mol. The minimum absolute atomic E-state index is 0.344. The van der Waals surface area contributed by atoms with Crippen LogP contribution in [-0.2, 0) is 6.42 Å². The quantitative estimate of drug-likeness (QED) is 0.733. The summed E-state index contributed by atoms with van der Waals surface area (Å²) in [6.07, 6.45) is 1.02. The zero-order valence-corrected chi connectivity index (χ0v) is 16.3. The molecule has 1 aliphatic rings. The van der Waals surface area contributed by atoms with Gasteiger partial charge < -0.3 is 15.1 Å². The molecule has 1 N–H and O–H groups in total. The Balaban J connectivity index is 1.64. The van der Waals surface area contributed by atoms with E-state index in [1.165, 1.54) is 16.9 Å². The lowest BCUT2D eigenvalue weighted by Gasteiger charge is -2.23. The van der Waals surface area contributed by atoms with Gasteiger partial charge in [0.25, 0.3) is 0 Å². The van der Waals surface area contributed by atoms with Gasteiger partial charge in [0.05, 0.1) is 0 Å². The first-order valence-electron chi connectivity index (χ1n) is 9.28. The van der Waals surface area contributed by atoms with Gasteiger partial charge in [0.1, 0.15) is 5.82 Å². The molecular formula is C22H25N5. The van der Waals surface area contributed by atoms with E-state index in [4.69, 9.17) is 9.97 Å². The van der Waals surface area contributed by atoms with Crippen LogP contribution in [0.1, 0.15) is 18.2 Å². The monoisotopic (exact) mass is 359 g/mol. The lowest BCUT2D eigenvalue weighted by Crippen LogP contribution is -2.26. The van der Waals surface area contributed by atoms with Gasteiger partial charge in [-0.05, 0) is 56.2 Å². The number of nitrogens with zero attached hydrogens (tertiary/aromatic N) is 4. The van der Waals surface area contributed by atoms with Crippen molar-refractivity contribution >= 4 is 28.8 Å². The average Bonchev–Trinajstić information content (AvgIpc) is 2.97. The fraction of sp³-hybridized carbons (Fsp3) is 0.273. The Morgan fingerprint density at radius 2 is 1.78 bits per heavy atom. The van der Waals surface area contributed by atoms with Crippen molar-refractivity contribution in [2.45, 2.75) is 26.3 Å². The second-order valence-electron chi connectivity index (χ2n) is 7.31. The third kappa shape index (κ3) is 3.45. The summed E-state index contributed by atoms with van der Waals surface area (Å²) in [5.74, 6) is 1.56. The number of aryl methyl sites for hydroxylation is 1. The molecule has 2 heterocycles. The normalized spacial score (nSPS) is 15.6. The maximum absolute atomic E-state index is 4.81. The van der Waals surface area contributed by atoms with Crippen molar-refractivity contribution in [3.8, 4) is 0 Å². The van der Waals surface area contributed by atoms with Crippen molar-refractivity contribution in [3.63, 3.8) is 0 Å². The van der Waals surface area contributed by atoms with E-state index in [1.54, 1.807) is 0 Å². The first-order valence-corrected chi connectivity index (χ1v) is 9.28. The predicted molar refractivity (Wildman–Crippen MR) is 113 cm³/mol. The standard InChI is InChI=1S/C22H25N5/c1-15-13-21(24-18-9-11-19(12-10-18)26(3)4)25-22(23-15)27-16(2)14-17-7-5-6-8-20(17)27/h5-13,16H,14H2,1-4H3,(H,23,24,25). The highest BCUT2D eigenvalue weighted by Crippen LogP contribution is 2.37. The fourth-order valence-corrected chi connectivity index (χ4v) is 3.59. The van der Waals surface area contributed by atoms with E-state index in [1.807, 2.05) is 27.1 Å². The molecule has 2 aromatic carbocycles. The maximum atomic E-state index is 4.81. The molecule has 0 fully saturated rings. The summed E-state index contributed by atoms with van der Waals surface area (Å²) >= 11 is 0. The summed E-state index contributed by atoms with van der Waals surface area (Å²) < 4.78 is 0. The van der Waals surface area contributed by atoms with Crippen molar-refractivity contribution in [1.29, 1.82) is 0 Å². The number of anilines is 5. The van der Waals surface area contributed by atoms with E-state index >= 15 is 0 Å². The Labute approximate surface area is 160 Å². The summed E-state index contributed by atoms with van der Waals surface area (Å²) in [5.41, 5.74) is 5.69. The summed E-state index contributed by atoms with van der Waals surface area (Å²) in [6, 6.07) is 19.2. The zero-order valence-electron chi connectivity index (χ0n) is 16.3. The molecule has 5 nitrogen and oxygen atoms in total. The van der Waals surface area contributed by atoms with Crippen molar-refractivity contribution < 1.29 is 0 Å². The van der Waals surface area contributed by atoms with Gasteiger partial charge in [-0.15, -0.1) is 0 Å². The Kier molecular flexibility index (Phi) is 4.44. The van der Waals surface area contributed by atoms with Gasteiger partial charge in [0.15, 0.2) is 0 Å². The maximum Gasteiger partial charge on any atom is 0.232 e. The van der Waals surface area contributed by atoms with Crippen LogP contribution in [0.4, 0.5) is 28.8 Å². The molecule has 138 valence electrons. The first-order chi connectivity index (χ1) is 13.0. The molecule has 0 bridgehead atoms. The van der Waals surface area contributed by atoms with Crippen LogP contribution in [0.25, 0.3) is 0 Å². The Hall–Kier alpha value is -3.08. The number of hydrogen-bond donors (Lipinski definition) is 1. The summed E-state index contributed by atoms with van der Waals surface area (Å²) in [5, 5.41) is 3.42. The molecule has 0 radical (unpaired) electrons. The SMILES string of the molecule is Cc1cc(Nc2ccc(N(C)C)cc2)nc(N2c3ccccc3CC2C)n1. The van der Waals surface area contributed by atoms with Gasteiger partial charge in [-0.2, -0.15) is 4.98 Å². The van der Waals surface area contributed by atoms with E-state index in [0.717, 1.165) is 29.6 Å². The summed E-state index contributed by atoms with van der Waals surface area (Å²) in [7, 11) is 4.08. The van der Waals surface area contributed by atoms with Gasteiger partial charge >= 0.3 is 0 Å². The van der Waals surface area contributed by atoms with Gasteiger partial charge in [-0.25, -0.2) is 4.98 Å². The van der Waals surface area contributed by atoms with Crippen LogP contribution in [0.15, 0.2) is 54.6 Å². The van der Waals surface area contributed by atoms with E-state index < -0.39 is 0 Å². The highest BCUT2D eigenvalue weighted by atomic mass is 15.3. The van der Waals surface area contributed by atoms with Crippen molar-refractivity contribution in [2.24, 2.45) is 0 Å². The van der Waals surface area contributed by atoms with Gasteiger partial charge in [-0.1, -0.05) is 18.2 Å². The first kappa shape index (κ1) is 17.3. The smallest absolute Gasteiger partial charge is 0.232 e. The Morgan fingerprint density at radius 3 is 2.52 bits per heavy atom. The topological polar surface area (TPSA) is 44.3 Å². The molecule has 1 aliphatic heterocycles. The molecule has 27 heavy (non-hydrogen) atoms. The highest BCUT2D eigenvalue weighted by Gasteiger charge is 2.29. The number of rotatable bonds is 4. The number of hydrogen-bond acceptors (Lipinski definition) is 5. The van der Waals surface area contributed by atoms with Crippen LogP contribution in [-0.4, -0.2) is 30.1 Å². The number of aromatic nitrogens is 2. The van der Waals surface area contributed by atoms with E-state index in [-0.39, 0.29) is 0 Å². The van der Waals surface area contributed by atoms with E-state index in [9.17, 15) is 0 Å². The van der Waals surface area contributed by atoms with Gasteiger partial charge in [-0.3, -0.25) is 0 Å². The summed E-state index contributed by atoms with van der Waals surface area (Å²) in [6.45, 7) is 4.23. The molecule has 0 saturated carbocycles. The molecule has 1 unspecified atom stereocenters. The minimum atomic E-state index is 0.344. The molecule has 0 amide bonds. The number of nitrogens with one attached hydrogen (secondary N) is 1. The summed E-state index contributed by atoms with van der Waals surface area (Å²) in [4.78, 5) is 13.8. The van der Waals surface area contributed by atoms with Crippen molar-refractivity contribution in [3.05, 3.63) is 65.9 Å². The van der Waals surface area contributed by atoms with Crippen LogP contribution in [0.3, 0.4) is 0 Å². The van der Waals surface area contributed by atoms with Crippen LogP contribution in [0, 0.1) is 6.92 Å². The van der Waals surface area contributed by atoms with Crippen molar-refractivity contribution in [1.82, 2.24) is 9.97 Å². The molecule has 1 aromatic heterocycles. The number of fused-ring (bicyclic) bond motifs is 1. The zero-order chi connectivity index (χ0) is 19.0. The molecule has 0 saturated heterocycles. The third-order valence-corrected chi connectivity index (χ3v) is 4.92. The molecule has 0 spiro atoms. The van der Waals surface area contributed by atoms with Crippen LogP contribution in [0.5, 0.6) is 0 Å².